The normalized spacial score (nSPS) is 10.6. The van der Waals surface area contributed by atoms with Gasteiger partial charge in [-0.1, -0.05) is 41.9 Å². The van der Waals surface area contributed by atoms with Gasteiger partial charge >= 0.3 is 0 Å². The lowest BCUT2D eigenvalue weighted by Gasteiger charge is -2.08. The molecule has 4 aromatic rings. The molecule has 1 aromatic heterocycles. The average Bonchev–Trinajstić information content (AvgIpc) is 3.26. The molecule has 0 radical (unpaired) electrons. The predicted molar refractivity (Wildman–Crippen MR) is 125 cm³/mol. The number of aromatic nitrogens is 2. The van der Waals surface area contributed by atoms with E-state index in [4.69, 9.17) is 16.3 Å². The van der Waals surface area contributed by atoms with Gasteiger partial charge in [0, 0.05) is 35.0 Å². The second-order valence-electron chi connectivity index (χ2n) is 7.18. The van der Waals surface area contributed by atoms with Crippen LogP contribution in [-0.4, -0.2) is 20.6 Å². The molecule has 0 aliphatic heterocycles. The lowest BCUT2D eigenvalue weighted by molar-refractivity contribution is -0.384. The molecular weight excluding hydrogens is 444 g/mol. The number of benzene rings is 3. The van der Waals surface area contributed by atoms with Crippen molar-refractivity contribution in [3.63, 3.8) is 0 Å². The van der Waals surface area contributed by atoms with Crippen LogP contribution in [0, 0.1) is 10.1 Å². The topological polar surface area (TPSA) is 99.3 Å². The molecular formula is C24H19ClN4O4. The number of carbonyl (C=O) groups excluding carboxylic acids is 1. The molecule has 0 aliphatic rings. The highest BCUT2D eigenvalue weighted by Crippen LogP contribution is 2.19. The minimum atomic E-state index is -0.467. The van der Waals surface area contributed by atoms with E-state index < -0.39 is 4.92 Å². The van der Waals surface area contributed by atoms with Crippen molar-refractivity contribution in [1.29, 1.82) is 0 Å². The summed E-state index contributed by atoms with van der Waals surface area (Å²) < 4.78 is 7.37. The molecule has 1 heterocycles. The molecule has 0 saturated carbocycles. The van der Waals surface area contributed by atoms with Gasteiger partial charge in [-0.15, -0.1) is 0 Å². The van der Waals surface area contributed by atoms with E-state index in [0.29, 0.717) is 28.7 Å². The highest BCUT2D eigenvalue weighted by molar-refractivity contribution is 6.31. The number of nitro benzene ring substituents is 1. The van der Waals surface area contributed by atoms with Crippen LogP contribution in [0.1, 0.15) is 21.5 Å². The first kappa shape index (κ1) is 22.0. The third-order valence-electron chi connectivity index (χ3n) is 4.81. The molecule has 1 amide bonds. The van der Waals surface area contributed by atoms with Crippen LogP contribution in [0.25, 0.3) is 0 Å². The first-order valence-electron chi connectivity index (χ1n) is 10.0. The van der Waals surface area contributed by atoms with E-state index in [2.05, 4.69) is 10.4 Å². The molecule has 33 heavy (non-hydrogen) atoms. The Labute approximate surface area is 194 Å². The summed E-state index contributed by atoms with van der Waals surface area (Å²) in [5, 5.41) is 18.6. The Kier molecular flexibility index (Phi) is 6.66. The minimum absolute atomic E-state index is 0.00433. The van der Waals surface area contributed by atoms with Gasteiger partial charge in [0.25, 0.3) is 11.6 Å². The second-order valence-corrected chi connectivity index (χ2v) is 7.59. The van der Waals surface area contributed by atoms with Crippen LogP contribution in [0.5, 0.6) is 5.75 Å². The minimum Gasteiger partial charge on any atom is -0.489 e. The molecule has 0 spiro atoms. The smallest absolute Gasteiger partial charge is 0.269 e. The molecule has 1 N–H and O–H groups in total. The van der Waals surface area contributed by atoms with Crippen molar-refractivity contribution in [2.45, 2.75) is 13.2 Å². The molecule has 0 unspecified atom stereocenters. The second kappa shape index (κ2) is 9.97. The van der Waals surface area contributed by atoms with E-state index in [-0.39, 0.29) is 18.2 Å². The van der Waals surface area contributed by atoms with Gasteiger partial charge in [-0.05, 0) is 41.5 Å². The van der Waals surface area contributed by atoms with Crippen LogP contribution in [0.4, 0.5) is 11.5 Å². The average molecular weight is 463 g/mol. The van der Waals surface area contributed by atoms with Gasteiger partial charge < -0.3 is 10.1 Å². The Morgan fingerprint density at radius 3 is 2.61 bits per heavy atom. The summed E-state index contributed by atoms with van der Waals surface area (Å²) >= 11 is 6.20. The van der Waals surface area contributed by atoms with Crippen molar-refractivity contribution in [2.75, 3.05) is 5.32 Å². The van der Waals surface area contributed by atoms with E-state index >= 15 is 0 Å². The quantitative estimate of drug-likeness (QED) is 0.282. The summed E-state index contributed by atoms with van der Waals surface area (Å²) in [5.74, 6) is 0.634. The number of ether oxygens (including phenoxy) is 1. The first-order chi connectivity index (χ1) is 16.0. The molecule has 9 heteroatoms. The molecule has 4 rings (SSSR count). The van der Waals surface area contributed by atoms with Crippen LogP contribution in [0.15, 0.2) is 85.1 Å². The van der Waals surface area contributed by atoms with Crippen LogP contribution in [0.2, 0.25) is 5.02 Å². The fourth-order valence-corrected chi connectivity index (χ4v) is 3.33. The number of carbonyl (C=O) groups is 1. The fraction of sp³-hybridized carbons (Fsp3) is 0.0833. The van der Waals surface area contributed by atoms with E-state index in [1.807, 2.05) is 30.3 Å². The maximum absolute atomic E-state index is 12.7. The summed E-state index contributed by atoms with van der Waals surface area (Å²) in [5.41, 5.74) is 2.17. The van der Waals surface area contributed by atoms with Crippen molar-refractivity contribution in [3.8, 4) is 5.75 Å². The predicted octanol–water partition coefficient (Wildman–Crippen LogP) is 5.32. The van der Waals surface area contributed by atoms with Crippen LogP contribution in [-0.2, 0) is 13.2 Å². The summed E-state index contributed by atoms with van der Waals surface area (Å²) in [7, 11) is 0. The number of hydrogen-bond donors (Lipinski definition) is 1. The zero-order valence-corrected chi connectivity index (χ0v) is 18.1. The SMILES string of the molecule is O=C(Nc1ccn(Cc2ccccc2Cl)n1)c1cccc(COc2ccc([N+](=O)[O-])cc2)c1. The van der Waals surface area contributed by atoms with Crippen LogP contribution >= 0.6 is 11.6 Å². The largest absolute Gasteiger partial charge is 0.489 e. The Morgan fingerprint density at radius 1 is 1.06 bits per heavy atom. The Bertz CT molecular complexity index is 1290. The van der Waals surface area contributed by atoms with E-state index in [0.717, 1.165) is 11.1 Å². The van der Waals surface area contributed by atoms with Crippen molar-refractivity contribution in [1.82, 2.24) is 9.78 Å². The van der Waals surface area contributed by atoms with Gasteiger partial charge in [0.2, 0.25) is 0 Å². The standard InChI is InChI=1S/C24H19ClN4O4/c25-22-7-2-1-5-19(22)15-28-13-12-23(27-28)26-24(30)18-6-3-4-17(14-18)16-33-21-10-8-20(9-11-21)29(31)32/h1-14H,15-16H2,(H,26,27,30). The van der Waals surface area contributed by atoms with Gasteiger partial charge in [-0.2, -0.15) is 5.10 Å². The molecule has 3 aromatic carbocycles. The van der Waals surface area contributed by atoms with Crippen molar-refractivity contribution < 1.29 is 14.5 Å². The molecule has 0 aliphatic carbocycles. The van der Waals surface area contributed by atoms with Crippen molar-refractivity contribution in [3.05, 3.63) is 117 Å². The number of anilines is 1. The summed E-state index contributed by atoms with van der Waals surface area (Å²) in [4.78, 5) is 22.9. The first-order valence-corrected chi connectivity index (χ1v) is 10.4. The van der Waals surface area contributed by atoms with Gasteiger partial charge in [-0.3, -0.25) is 19.6 Å². The molecule has 0 fully saturated rings. The molecule has 0 bridgehead atoms. The number of non-ortho nitro benzene ring substituents is 1. The van der Waals surface area contributed by atoms with Gasteiger partial charge in [0.05, 0.1) is 11.5 Å². The summed E-state index contributed by atoms with van der Waals surface area (Å²) in [6.45, 7) is 0.705. The zero-order chi connectivity index (χ0) is 23.2. The highest BCUT2D eigenvalue weighted by Gasteiger charge is 2.10. The Hall–Kier alpha value is -4.17. The van der Waals surface area contributed by atoms with E-state index in [1.165, 1.54) is 24.3 Å². The van der Waals surface area contributed by atoms with Crippen LogP contribution < -0.4 is 10.1 Å². The zero-order valence-electron chi connectivity index (χ0n) is 17.3. The lowest BCUT2D eigenvalue weighted by Crippen LogP contribution is -2.13. The maximum Gasteiger partial charge on any atom is 0.269 e. The number of nitrogens with zero attached hydrogens (tertiary/aromatic N) is 3. The lowest BCUT2D eigenvalue weighted by atomic mass is 10.1. The molecule has 0 atom stereocenters. The van der Waals surface area contributed by atoms with Crippen molar-refractivity contribution in [2.24, 2.45) is 0 Å². The third-order valence-corrected chi connectivity index (χ3v) is 5.18. The number of rotatable bonds is 8. The van der Waals surface area contributed by atoms with E-state index in [1.54, 1.807) is 35.1 Å². The van der Waals surface area contributed by atoms with Gasteiger partial charge in [0.1, 0.15) is 12.4 Å². The van der Waals surface area contributed by atoms with Gasteiger partial charge in [0.15, 0.2) is 5.82 Å². The number of nitrogens with one attached hydrogen (secondary N) is 1. The number of nitro groups is 1. The van der Waals surface area contributed by atoms with Crippen LogP contribution in [0.3, 0.4) is 0 Å². The molecule has 166 valence electrons. The van der Waals surface area contributed by atoms with Gasteiger partial charge in [-0.25, -0.2) is 0 Å². The fourth-order valence-electron chi connectivity index (χ4n) is 3.14. The number of hydrogen-bond acceptors (Lipinski definition) is 5. The Balaban J connectivity index is 1.36. The summed E-state index contributed by atoms with van der Waals surface area (Å²) in [6, 6.07) is 22.1. The number of amides is 1. The van der Waals surface area contributed by atoms with E-state index in [9.17, 15) is 14.9 Å². The third kappa shape index (κ3) is 5.75. The highest BCUT2D eigenvalue weighted by atomic mass is 35.5. The van der Waals surface area contributed by atoms with Crippen molar-refractivity contribution >= 4 is 29.0 Å². The molecule has 0 saturated heterocycles. The monoisotopic (exact) mass is 462 g/mol. The Morgan fingerprint density at radius 2 is 1.85 bits per heavy atom. The maximum atomic E-state index is 12.7. The summed E-state index contributed by atoms with van der Waals surface area (Å²) in [6.07, 6.45) is 1.77. The number of halogens is 1. The molecule has 8 nitrogen and oxygen atoms in total.